The average molecular weight is 297 g/mol. The quantitative estimate of drug-likeness (QED) is 0.871. The van der Waals surface area contributed by atoms with E-state index in [2.05, 4.69) is 29.3 Å². The lowest BCUT2D eigenvalue weighted by molar-refractivity contribution is 0.143. The third-order valence-electron chi connectivity index (χ3n) is 3.87. The minimum Gasteiger partial charge on any atom is -0.384 e. The van der Waals surface area contributed by atoms with Gasteiger partial charge in [-0.1, -0.05) is 24.6 Å². The summed E-state index contributed by atoms with van der Waals surface area (Å²) in [6, 6.07) is 6.22. The molecule has 112 valence electrons. The van der Waals surface area contributed by atoms with Gasteiger partial charge in [0.2, 0.25) is 0 Å². The molecule has 0 spiro atoms. The average Bonchev–Trinajstić information content (AvgIpc) is 2.46. The highest BCUT2D eigenvalue weighted by molar-refractivity contribution is 6.30. The molecule has 1 atom stereocenters. The molecule has 1 aliphatic heterocycles. The van der Waals surface area contributed by atoms with E-state index in [-0.39, 0.29) is 0 Å². The van der Waals surface area contributed by atoms with Gasteiger partial charge in [0, 0.05) is 37.5 Å². The van der Waals surface area contributed by atoms with Crippen LogP contribution in [-0.4, -0.2) is 33.4 Å². The normalized spacial score (nSPS) is 19.4. The van der Waals surface area contributed by atoms with Crippen LogP contribution in [0.4, 0.5) is 5.69 Å². The molecule has 0 radical (unpaired) electrons. The molecule has 4 heteroatoms. The van der Waals surface area contributed by atoms with Crippen LogP contribution in [0.1, 0.15) is 25.3 Å². The first kappa shape index (κ1) is 15.6. The Hall–Kier alpha value is -0.770. The number of anilines is 1. The number of hydrogen-bond donors (Lipinski definition) is 1. The van der Waals surface area contributed by atoms with Crippen LogP contribution in [0, 0.1) is 5.92 Å². The van der Waals surface area contributed by atoms with Crippen LogP contribution in [0.2, 0.25) is 5.02 Å². The van der Waals surface area contributed by atoms with Crippen LogP contribution in [0.25, 0.3) is 0 Å². The van der Waals surface area contributed by atoms with Crippen LogP contribution < -0.4 is 10.2 Å². The number of nitrogens with zero attached hydrogens (tertiary/aromatic N) is 1. The molecule has 20 heavy (non-hydrogen) atoms. The number of methoxy groups -OCH3 is 1. The Morgan fingerprint density at radius 2 is 2.30 bits per heavy atom. The predicted molar refractivity (Wildman–Crippen MR) is 85.6 cm³/mol. The second-order valence-corrected chi connectivity index (χ2v) is 5.90. The number of halogens is 1. The van der Waals surface area contributed by atoms with Crippen LogP contribution in [0.5, 0.6) is 0 Å². The second-order valence-electron chi connectivity index (χ2n) is 5.46. The molecule has 1 aromatic rings. The Bertz CT molecular complexity index is 423. The van der Waals surface area contributed by atoms with Crippen LogP contribution in [0.15, 0.2) is 18.2 Å². The van der Waals surface area contributed by atoms with E-state index in [0.29, 0.717) is 5.92 Å². The Morgan fingerprint density at radius 3 is 3.05 bits per heavy atom. The molecule has 1 aromatic carbocycles. The van der Waals surface area contributed by atoms with Crippen LogP contribution in [0.3, 0.4) is 0 Å². The monoisotopic (exact) mass is 296 g/mol. The van der Waals surface area contributed by atoms with Gasteiger partial charge in [0.1, 0.15) is 0 Å². The standard InChI is InChI=1S/C16H25ClN2O/c1-3-18-10-14-6-7-15(17)9-16(14)19-8-4-5-13(11-19)12-20-2/h6-7,9,13,18H,3-5,8,10-12H2,1-2H3. The molecular weight excluding hydrogens is 272 g/mol. The summed E-state index contributed by atoms with van der Waals surface area (Å²) in [5, 5.41) is 4.22. The first-order valence-corrected chi connectivity index (χ1v) is 7.85. The minimum atomic E-state index is 0.625. The van der Waals surface area contributed by atoms with Crippen molar-refractivity contribution in [1.82, 2.24) is 5.32 Å². The maximum absolute atomic E-state index is 6.20. The van der Waals surface area contributed by atoms with Gasteiger partial charge in [-0.2, -0.15) is 0 Å². The summed E-state index contributed by atoms with van der Waals surface area (Å²) < 4.78 is 5.32. The molecule has 1 fully saturated rings. The van der Waals surface area contributed by atoms with Gasteiger partial charge in [-0.15, -0.1) is 0 Å². The SMILES string of the molecule is CCNCc1ccc(Cl)cc1N1CCCC(COC)C1. The van der Waals surface area contributed by atoms with Crippen LogP contribution >= 0.6 is 11.6 Å². The molecule has 1 unspecified atom stereocenters. The van der Waals surface area contributed by atoms with Crippen molar-refractivity contribution in [1.29, 1.82) is 0 Å². The summed E-state index contributed by atoms with van der Waals surface area (Å²) >= 11 is 6.20. The van der Waals surface area contributed by atoms with E-state index in [1.807, 2.05) is 6.07 Å². The van der Waals surface area contributed by atoms with Crippen molar-refractivity contribution in [3.05, 3.63) is 28.8 Å². The highest BCUT2D eigenvalue weighted by atomic mass is 35.5. The summed E-state index contributed by atoms with van der Waals surface area (Å²) in [6.07, 6.45) is 2.48. The van der Waals surface area contributed by atoms with E-state index in [1.165, 1.54) is 24.1 Å². The Kier molecular flexibility index (Phi) is 6.14. The summed E-state index contributed by atoms with van der Waals surface area (Å²) in [6.45, 7) is 7.03. The summed E-state index contributed by atoms with van der Waals surface area (Å²) in [5.41, 5.74) is 2.61. The number of nitrogens with one attached hydrogen (secondary N) is 1. The lowest BCUT2D eigenvalue weighted by Gasteiger charge is -2.35. The van der Waals surface area contributed by atoms with Crippen molar-refractivity contribution in [2.75, 3.05) is 38.3 Å². The number of ether oxygens (including phenoxy) is 1. The maximum Gasteiger partial charge on any atom is 0.0507 e. The van der Waals surface area contributed by atoms with E-state index in [4.69, 9.17) is 16.3 Å². The molecule has 1 saturated heterocycles. The van der Waals surface area contributed by atoms with Gasteiger partial charge < -0.3 is 15.0 Å². The van der Waals surface area contributed by atoms with Crippen molar-refractivity contribution in [3.8, 4) is 0 Å². The van der Waals surface area contributed by atoms with Crippen molar-refractivity contribution in [3.63, 3.8) is 0 Å². The number of hydrogen-bond acceptors (Lipinski definition) is 3. The van der Waals surface area contributed by atoms with Crippen LogP contribution in [-0.2, 0) is 11.3 Å². The first-order valence-electron chi connectivity index (χ1n) is 7.47. The minimum absolute atomic E-state index is 0.625. The highest BCUT2D eigenvalue weighted by Crippen LogP contribution is 2.29. The molecule has 1 aliphatic rings. The smallest absolute Gasteiger partial charge is 0.0507 e. The summed E-state index contributed by atoms with van der Waals surface area (Å²) in [5.74, 6) is 0.625. The Morgan fingerprint density at radius 1 is 1.45 bits per heavy atom. The number of rotatable bonds is 6. The molecule has 0 bridgehead atoms. The molecule has 0 saturated carbocycles. The first-order chi connectivity index (χ1) is 9.74. The maximum atomic E-state index is 6.20. The highest BCUT2D eigenvalue weighted by Gasteiger charge is 2.21. The Labute approximate surface area is 127 Å². The number of piperidine rings is 1. The van der Waals surface area contributed by atoms with E-state index >= 15 is 0 Å². The fourth-order valence-corrected chi connectivity index (χ4v) is 3.06. The zero-order valence-electron chi connectivity index (χ0n) is 12.5. The predicted octanol–water partition coefficient (Wildman–Crippen LogP) is 3.31. The van der Waals surface area contributed by atoms with Crippen molar-refractivity contribution < 1.29 is 4.74 Å². The van der Waals surface area contributed by atoms with E-state index < -0.39 is 0 Å². The van der Waals surface area contributed by atoms with Gasteiger partial charge >= 0.3 is 0 Å². The fourth-order valence-electron chi connectivity index (χ4n) is 2.90. The van der Waals surface area contributed by atoms with Gasteiger partial charge in [-0.3, -0.25) is 0 Å². The molecular formula is C16H25ClN2O. The molecule has 1 N–H and O–H groups in total. The summed E-state index contributed by atoms with van der Waals surface area (Å²) in [7, 11) is 1.79. The lowest BCUT2D eigenvalue weighted by Crippen LogP contribution is -2.37. The number of benzene rings is 1. The van der Waals surface area contributed by atoms with Crippen molar-refractivity contribution in [2.24, 2.45) is 5.92 Å². The zero-order valence-corrected chi connectivity index (χ0v) is 13.2. The van der Waals surface area contributed by atoms with Crippen molar-refractivity contribution in [2.45, 2.75) is 26.3 Å². The van der Waals surface area contributed by atoms with Crippen molar-refractivity contribution >= 4 is 17.3 Å². The molecule has 0 amide bonds. The zero-order chi connectivity index (χ0) is 14.4. The molecule has 0 aliphatic carbocycles. The second kappa shape index (κ2) is 7.87. The van der Waals surface area contributed by atoms with E-state index in [9.17, 15) is 0 Å². The van der Waals surface area contributed by atoms with Gasteiger partial charge in [0.15, 0.2) is 0 Å². The molecule has 1 heterocycles. The Balaban J connectivity index is 2.14. The largest absolute Gasteiger partial charge is 0.384 e. The van der Waals surface area contributed by atoms with E-state index in [1.54, 1.807) is 7.11 Å². The van der Waals surface area contributed by atoms with E-state index in [0.717, 1.165) is 37.8 Å². The van der Waals surface area contributed by atoms with Gasteiger partial charge in [0.05, 0.1) is 6.61 Å². The van der Waals surface area contributed by atoms with Gasteiger partial charge in [-0.05, 0) is 43.0 Å². The van der Waals surface area contributed by atoms with Gasteiger partial charge in [0.25, 0.3) is 0 Å². The topological polar surface area (TPSA) is 24.5 Å². The molecule has 2 rings (SSSR count). The fraction of sp³-hybridized carbons (Fsp3) is 0.625. The molecule has 3 nitrogen and oxygen atoms in total. The third kappa shape index (κ3) is 4.11. The molecule has 0 aromatic heterocycles. The lowest BCUT2D eigenvalue weighted by atomic mass is 9.97. The third-order valence-corrected chi connectivity index (χ3v) is 4.11. The summed E-state index contributed by atoms with van der Waals surface area (Å²) in [4.78, 5) is 2.46. The van der Waals surface area contributed by atoms with Gasteiger partial charge in [-0.25, -0.2) is 0 Å².